The molecule has 0 saturated heterocycles. The standard InChI is InChI=1S/C17H17ClN4O4S2/c1-25-12-4-3-11(16(7-12)26-2)9-22(17-20-10-21-27-17)28(23,24)13-5-6-15(19)14(18)8-13/h3-8,10H,9,19H2,1-2H3. The second kappa shape index (κ2) is 8.21. The number of nitrogens with zero attached hydrogens (tertiary/aromatic N) is 3. The van der Waals surface area contributed by atoms with Crippen molar-refractivity contribution in [3.63, 3.8) is 0 Å². The van der Waals surface area contributed by atoms with E-state index in [2.05, 4.69) is 9.36 Å². The fourth-order valence-corrected chi connectivity index (χ4v) is 4.87. The van der Waals surface area contributed by atoms with Crippen LogP contribution in [0.2, 0.25) is 5.02 Å². The molecule has 1 aromatic heterocycles. The summed E-state index contributed by atoms with van der Waals surface area (Å²) in [5.74, 6) is 1.08. The van der Waals surface area contributed by atoms with Gasteiger partial charge in [0.2, 0.25) is 5.13 Å². The molecule has 0 aliphatic heterocycles. The van der Waals surface area contributed by atoms with Gasteiger partial charge < -0.3 is 15.2 Å². The Balaban J connectivity index is 2.07. The van der Waals surface area contributed by atoms with Crippen LogP contribution in [0.1, 0.15) is 5.56 Å². The van der Waals surface area contributed by atoms with Crippen molar-refractivity contribution in [1.29, 1.82) is 0 Å². The number of ether oxygens (including phenoxy) is 2. The van der Waals surface area contributed by atoms with Gasteiger partial charge in [-0.05, 0) is 30.3 Å². The van der Waals surface area contributed by atoms with Gasteiger partial charge >= 0.3 is 0 Å². The van der Waals surface area contributed by atoms with Crippen LogP contribution in [0.25, 0.3) is 0 Å². The molecule has 2 N–H and O–H groups in total. The summed E-state index contributed by atoms with van der Waals surface area (Å²) in [5.41, 5.74) is 6.62. The number of hydrogen-bond donors (Lipinski definition) is 1. The van der Waals surface area contributed by atoms with Gasteiger partial charge in [0, 0.05) is 23.2 Å². The minimum atomic E-state index is -3.99. The van der Waals surface area contributed by atoms with Crippen LogP contribution in [-0.4, -0.2) is 32.0 Å². The first-order chi connectivity index (χ1) is 13.4. The molecule has 0 amide bonds. The highest BCUT2D eigenvalue weighted by Crippen LogP contribution is 2.32. The molecule has 28 heavy (non-hydrogen) atoms. The van der Waals surface area contributed by atoms with Crippen molar-refractivity contribution in [2.75, 3.05) is 24.3 Å². The zero-order chi connectivity index (χ0) is 20.3. The largest absolute Gasteiger partial charge is 0.497 e. The number of rotatable bonds is 7. The molecule has 0 aliphatic carbocycles. The van der Waals surface area contributed by atoms with Crippen molar-refractivity contribution in [2.24, 2.45) is 0 Å². The monoisotopic (exact) mass is 440 g/mol. The molecule has 0 aliphatic rings. The third-order valence-corrected chi connectivity index (χ3v) is 6.79. The van der Waals surface area contributed by atoms with Gasteiger partial charge in [-0.15, -0.1) is 0 Å². The zero-order valence-corrected chi connectivity index (χ0v) is 17.4. The van der Waals surface area contributed by atoms with Crippen LogP contribution in [0.3, 0.4) is 0 Å². The number of methoxy groups -OCH3 is 2. The summed E-state index contributed by atoms with van der Waals surface area (Å²) in [7, 11) is -0.947. The molecule has 11 heteroatoms. The van der Waals surface area contributed by atoms with Crippen LogP contribution in [0.4, 0.5) is 10.8 Å². The number of aromatic nitrogens is 2. The molecule has 2 aromatic carbocycles. The number of hydrogen-bond acceptors (Lipinski definition) is 8. The van der Waals surface area contributed by atoms with Crippen LogP contribution in [0.15, 0.2) is 47.6 Å². The predicted octanol–water partition coefficient (Wildman–Crippen LogP) is 3.19. The third-order valence-electron chi connectivity index (χ3n) is 3.93. The third kappa shape index (κ3) is 3.98. The van der Waals surface area contributed by atoms with Crippen molar-refractivity contribution in [3.05, 3.63) is 53.3 Å². The molecule has 0 radical (unpaired) electrons. The van der Waals surface area contributed by atoms with E-state index in [0.717, 1.165) is 15.8 Å². The summed E-state index contributed by atoms with van der Waals surface area (Å²) >= 11 is 6.99. The van der Waals surface area contributed by atoms with E-state index in [-0.39, 0.29) is 21.6 Å². The Morgan fingerprint density at radius 2 is 1.96 bits per heavy atom. The number of benzene rings is 2. The minimum absolute atomic E-state index is 0.00521. The van der Waals surface area contributed by atoms with Gasteiger partial charge in [0.1, 0.15) is 17.8 Å². The summed E-state index contributed by atoms with van der Waals surface area (Å²) < 4.78 is 42.3. The molecule has 0 fully saturated rings. The van der Waals surface area contributed by atoms with E-state index in [4.69, 9.17) is 26.8 Å². The molecule has 3 aromatic rings. The van der Waals surface area contributed by atoms with E-state index in [1.165, 1.54) is 38.7 Å². The summed E-state index contributed by atoms with van der Waals surface area (Å²) in [6, 6.07) is 9.29. The molecule has 0 spiro atoms. The fraction of sp³-hybridized carbons (Fsp3) is 0.176. The lowest BCUT2D eigenvalue weighted by Crippen LogP contribution is -2.30. The van der Waals surface area contributed by atoms with E-state index in [1.807, 2.05) is 0 Å². The minimum Gasteiger partial charge on any atom is -0.497 e. The quantitative estimate of drug-likeness (QED) is 0.562. The van der Waals surface area contributed by atoms with Crippen LogP contribution in [-0.2, 0) is 16.6 Å². The average molecular weight is 441 g/mol. The summed E-state index contributed by atoms with van der Waals surface area (Å²) in [4.78, 5) is 4.06. The van der Waals surface area contributed by atoms with E-state index >= 15 is 0 Å². The highest BCUT2D eigenvalue weighted by molar-refractivity contribution is 7.93. The Bertz CT molecular complexity index is 1070. The van der Waals surface area contributed by atoms with Crippen molar-refractivity contribution >= 4 is 44.0 Å². The van der Waals surface area contributed by atoms with Crippen molar-refractivity contribution in [2.45, 2.75) is 11.4 Å². The Labute approximate surface area is 171 Å². The number of nitrogen functional groups attached to an aromatic ring is 1. The van der Waals surface area contributed by atoms with E-state index in [0.29, 0.717) is 22.7 Å². The Kier molecular flexibility index (Phi) is 5.92. The first-order valence-corrected chi connectivity index (χ1v) is 10.5. The molecule has 148 valence electrons. The van der Waals surface area contributed by atoms with E-state index < -0.39 is 10.0 Å². The second-order valence-electron chi connectivity index (χ2n) is 5.60. The second-order valence-corrected chi connectivity index (χ2v) is 8.62. The fourth-order valence-electron chi connectivity index (χ4n) is 2.47. The zero-order valence-electron chi connectivity index (χ0n) is 15.0. The maximum atomic E-state index is 13.3. The van der Waals surface area contributed by atoms with Crippen molar-refractivity contribution in [1.82, 2.24) is 9.36 Å². The highest BCUT2D eigenvalue weighted by atomic mass is 35.5. The average Bonchev–Trinajstić information content (AvgIpc) is 3.22. The number of anilines is 2. The lowest BCUT2D eigenvalue weighted by Gasteiger charge is -2.23. The Morgan fingerprint density at radius 3 is 2.57 bits per heavy atom. The van der Waals surface area contributed by atoms with Gasteiger partial charge in [-0.3, -0.25) is 0 Å². The van der Waals surface area contributed by atoms with Crippen LogP contribution in [0.5, 0.6) is 11.5 Å². The van der Waals surface area contributed by atoms with Crippen molar-refractivity contribution < 1.29 is 17.9 Å². The molecule has 8 nitrogen and oxygen atoms in total. The maximum Gasteiger partial charge on any atom is 0.266 e. The van der Waals surface area contributed by atoms with Crippen LogP contribution in [0, 0.1) is 0 Å². The molecule has 0 atom stereocenters. The van der Waals surface area contributed by atoms with Crippen molar-refractivity contribution in [3.8, 4) is 11.5 Å². The normalized spacial score (nSPS) is 11.2. The highest BCUT2D eigenvalue weighted by Gasteiger charge is 2.29. The first kappa shape index (κ1) is 20.2. The predicted molar refractivity (Wildman–Crippen MR) is 109 cm³/mol. The van der Waals surface area contributed by atoms with Crippen LogP contribution < -0.4 is 19.5 Å². The van der Waals surface area contributed by atoms with Gasteiger partial charge in [0.15, 0.2) is 0 Å². The molecular weight excluding hydrogens is 424 g/mol. The SMILES string of the molecule is COc1ccc(CN(c2ncns2)S(=O)(=O)c2ccc(N)c(Cl)c2)c(OC)c1. The van der Waals surface area contributed by atoms with Gasteiger partial charge in [-0.2, -0.15) is 4.37 Å². The molecule has 0 saturated carbocycles. The van der Waals surface area contributed by atoms with Crippen LogP contribution >= 0.6 is 23.1 Å². The maximum absolute atomic E-state index is 13.3. The van der Waals surface area contributed by atoms with Gasteiger partial charge in [-0.25, -0.2) is 17.7 Å². The summed E-state index contributed by atoms with van der Waals surface area (Å²) in [6.07, 6.45) is 1.30. The molecule has 1 heterocycles. The Hall–Kier alpha value is -2.56. The summed E-state index contributed by atoms with van der Waals surface area (Å²) in [5, 5.41) is 0.367. The molecule has 3 rings (SSSR count). The van der Waals surface area contributed by atoms with E-state index in [1.54, 1.807) is 18.2 Å². The van der Waals surface area contributed by atoms with E-state index in [9.17, 15) is 8.42 Å². The lowest BCUT2D eigenvalue weighted by molar-refractivity contribution is 0.391. The number of sulfonamides is 1. The van der Waals surface area contributed by atoms with Gasteiger partial charge in [0.25, 0.3) is 10.0 Å². The van der Waals surface area contributed by atoms with Gasteiger partial charge in [-0.1, -0.05) is 11.6 Å². The van der Waals surface area contributed by atoms with Gasteiger partial charge in [0.05, 0.1) is 36.4 Å². The smallest absolute Gasteiger partial charge is 0.266 e. The first-order valence-electron chi connectivity index (χ1n) is 7.92. The topological polar surface area (TPSA) is 108 Å². The molecular formula is C17H17ClN4O4S2. The summed E-state index contributed by atoms with van der Waals surface area (Å²) in [6.45, 7) is -0.0211. The molecule has 0 unspecified atom stereocenters. The number of nitrogens with two attached hydrogens (primary N) is 1. The number of halogens is 1. The lowest BCUT2D eigenvalue weighted by atomic mass is 10.2. The Morgan fingerprint density at radius 1 is 1.18 bits per heavy atom. The molecule has 0 bridgehead atoms.